The van der Waals surface area contributed by atoms with Crippen LogP contribution in [0.5, 0.6) is 0 Å². The molecule has 3 aromatic rings. The molecule has 26 heavy (non-hydrogen) atoms. The number of aromatic nitrogens is 6. The van der Waals surface area contributed by atoms with E-state index in [4.69, 9.17) is 0 Å². The Morgan fingerprint density at radius 2 is 1.58 bits per heavy atom. The number of aryl methyl sites for hydroxylation is 1. The highest BCUT2D eigenvalue weighted by Gasteiger charge is 2.41. The van der Waals surface area contributed by atoms with Gasteiger partial charge in [0.25, 0.3) is 0 Å². The summed E-state index contributed by atoms with van der Waals surface area (Å²) in [7, 11) is 0. The summed E-state index contributed by atoms with van der Waals surface area (Å²) in [5.41, 5.74) is 1.09. The van der Waals surface area contributed by atoms with Gasteiger partial charge in [-0.05, 0) is 18.6 Å². The zero-order valence-corrected chi connectivity index (χ0v) is 14.6. The van der Waals surface area contributed by atoms with Gasteiger partial charge in [0.05, 0.1) is 0 Å². The van der Waals surface area contributed by atoms with E-state index >= 15 is 0 Å². The van der Waals surface area contributed by atoms with Crippen LogP contribution in [0.15, 0.2) is 43.2 Å². The third-order valence-electron chi connectivity index (χ3n) is 5.24. The second-order valence-corrected chi connectivity index (χ2v) is 7.08. The Morgan fingerprint density at radius 1 is 0.885 bits per heavy atom. The van der Waals surface area contributed by atoms with Gasteiger partial charge in [-0.2, -0.15) is 5.10 Å². The minimum atomic E-state index is 0.614. The van der Waals surface area contributed by atoms with E-state index in [2.05, 4.69) is 34.8 Å². The molecule has 2 fully saturated rings. The molecular weight excluding hydrogens is 328 g/mol. The van der Waals surface area contributed by atoms with Crippen LogP contribution in [-0.4, -0.2) is 55.9 Å². The molecule has 2 atom stereocenters. The van der Waals surface area contributed by atoms with Crippen molar-refractivity contribution in [2.24, 2.45) is 11.8 Å². The predicted molar refractivity (Wildman–Crippen MR) is 97.3 cm³/mol. The molecule has 8 nitrogen and oxygen atoms in total. The van der Waals surface area contributed by atoms with Gasteiger partial charge in [0.1, 0.15) is 12.1 Å². The summed E-state index contributed by atoms with van der Waals surface area (Å²) in [6, 6.07) is 3.90. The van der Waals surface area contributed by atoms with Crippen LogP contribution in [0.4, 0.5) is 11.8 Å². The van der Waals surface area contributed by atoms with Crippen molar-refractivity contribution in [2.45, 2.75) is 6.92 Å². The summed E-state index contributed by atoms with van der Waals surface area (Å²) in [5, 5.41) is 4.25. The first-order chi connectivity index (χ1) is 12.8. The smallest absolute Gasteiger partial charge is 0.225 e. The fourth-order valence-electron chi connectivity index (χ4n) is 3.93. The van der Waals surface area contributed by atoms with E-state index in [1.807, 2.05) is 37.6 Å². The molecule has 2 aliphatic heterocycles. The molecule has 5 heterocycles. The van der Waals surface area contributed by atoms with Gasteiger partial charge in [0.2, 0.25) is 5.95 Å². The second kappa shape index (κ2) is 6.05. The van der Waals surface area contributed by atoms with Gasteiger partial charge < -0.3 is 9.80 Å². The Labute approximate surface area is 151 Å². The highest BCUT2D eigenvalue weighted by Crippen LogP contribution is 2.34. The van der Waals surface area contributed by atoms with Gasteiger partial charge in [-0.1, -0.05) is 0 Å². The maximum Gasteiger partial charge on any atom is 0.225 e. The fourth-order valence-corrected chi connectivity index (χ4v) is 3.93. The molecule has 2 aliphatic rings. The minimum Gasteiger partial charge on any atom is -0.356 e. The van der Waals surface area contributed by atoms with Crippen molar-refractivity contribution in [1.82, 2.24) is 29.7 Å². The maximum atomic E-state index is 4.48. The topological polar surface area (TPSA) is 75.9 Å². The summed E-state index contributed by atoms with van der Waals surface area (Å²) < 4.78 is 1.76. The van der Waals surface area contributed by atoms with Gasteiger partial charge in [-0.25, -0.2) is 24.6 Å². The van der Waals surface area contributed by atoms with Gasteiger partial charge in [0.15, 0.2) is 5.82 Å². The molecule has 0 aliphatic carbocycles. The van der Waals surface area contributed by atoms with Crippen LogP contribution >= 0.6 is 0 Å². The normalized spacial score (nSPS) is 22.0. The van der Waals surface area contributed by atoms with E-state index in [1.54, 1.807) is 17.2 Å². The number of fused-ring (bicyclic) bond motifs is 1. The number of anilines is 2. The van der Waals surface area contributed by atoms with E-state index in [9.17, 15) is 0 Å². The van der Waals surface area contributed by atoms with Crippen molar-refractivity contribution >= 4 is 11.8 Å². The SMILES string of the molecule is Cc1cnc(N2CC3CN(c4cc(-n5cccn5)ncn4)CC3C2)nc1. The van der Waals surface area contributed by atoms with E-state index in [1.165, 1.54) is 0 Å². The lowest BCUT2D eigenvalue weighted by Gasteiger charge is -2.22. The Hall–Kier alpha value is -3.03. The highest BCUT2D eigenvalue weighted by atomic mass is 15.3. The summed E-state index contributed by atoms with van der Waals surface area (Å²) in [6.07, 6.45) is 9.04. The van der Waals surface area contributed by atoms with E-state index in [0.717, 1.165) is 49.3 Å². The predicted octanol–water partition coefficient (Wildman–Crippen LogP) is 1.33. The van der Waals surface area contributed by atoms with Gasteiger partial charge >= 0.3 is 0 Å². The van der Waals surface area contributed by atoms with Crippen molar-refractivity contribution in [3.05, 3.63) is 48.8 Å². The lowest BCUT2D eigenvalue weighted by atomic mass is 10.0. The molecule has 0 saturated carbocycles. The molecule has 0 radical (unpaired) electrons. The summed E-state index contributed by atoms with van der Waals surface area (Å²) in [4.78, 5) is 22.4. The summed E-state index contributed by atoms with van der Waals surface area (Å²) in [5.74, 6) is 3.84. The van der Waals surface area contributed by atoms with Crippen molar-refractivity contribution < 1.29 is 0 Å². The Morgan fingerprint density at radius 3 is 2.27 bits per heavy atom. The zero-order chi connectivity index (χ0) is 17.5. The van der Waals surface area contributed by atoms with Gasteiger partial charge in [-0.15, -0.1) is 0 Å². The molecule has 132 valence electrons. The average molecular weight is 348 g/mol. The van der Waals surface area contributed by atoms with Gasteiger partial charge in [0, 0.05) is 68.9 Å². The van der Waals surface area contributed by atoms with Crippen molar-refractivity contribution in [2.75, 3.05) is 36.0 Å². The molecule has 0 amide bonds. The summed E-state index contributed by atoms with van der Waals surface area (Å²) in [6.45, 7) is 6.02. The van der Waals surface area contributed by atoms with Gasteiger partial charge in [-0.3, -0.25) is 0 Å². The highest BCUT2D eigenvalue weighted by molar-refractivity contribution is 5.46. The molecule has 2 unspecified atom stereocenters. The van der Waals surface area contributed by atoms with Crippen molar-refractivity contribution in [1.29, 1.82) is 0 Å². The van der Waals surface area contributed by atoms with Crippen molar-refractivity contribution in [3.63, 3.8) is 0 Å². The van der Waals surface area contributed by atoms with Crippen molar-refractivity contribution in [3.8, 4) is 5.82 Å². The number of hydrogen-bond acceptors (Lipinski definition) is 7. The van der Waals surface area contributed by atoms with Crippen LogP contribution in [0.1, 0.15) is 5.56 Å². The zero-order valence-electron chi connectivity index (χ0n) is 14.6. The number of hydrogen-bond donors (Lipinski definition) is 0. The number of nitrogens with zero attached hydrogens (tertiary/aromatic N) is 8. The summed E-state index contributed by atoms with van der Waals surface area (Å²) >= 11 is 0. The third-order valence-corrected chi connectivity index (χ3v) is 5.24. The average Bonchev–Trinajstić information content (AvgIpc) is 3.39. The van der Waals surface area contributed by atoms with Crippen LogP contribution in [0.2, 0.25) is 0 Å². The van der Waals surface area contributed by atoms with Crippen LogP contribution in [0.3, 0.4) is 0 Å². The first-order valence-corrected chi connectivity index (χ1v) is 8.87. The first kappa shape index (κ1) is 15.2. The largest absolute Gasteiger partial charge is 0.356 e. The van der Waals surface area contributed by atoms with E-state index < -0.39 is 0 Å². The number of rotatable bonds is 3. The van der Waals surface area contributed by atoms with Crippen LogP contribution in [-0.2, 0) is 0 Å². The molecular formula is C18H20N8. The molecule has 8 heteroatoms. The van der Waals surface area contributed by atoms with Crippen LogP contribution in [0, 0.1) is 18.8 Å². The maximum absolute atomic E-state index is 4.48. The van der Waals surface area contributed by atoms with E-state index in [-0.39, 0.29) is 0 Å². The second-order valence-electron chi connectivity index (χ2n) is 7.08. The monoisotopic (exact) mass is 348 g/mol. The fraction of sp³-hybridized carbons (Fsp3) is 0.389. The molecule has 0 aromatic carbocycles. The Balaban J connectivity index is 1.30. The van der Waals surface area contributed by atoms with Crippen LogP contribution in [0.25, 0.3) is 5.82 Å². The molecule has 5 rings (SSSR count). The molecule has 0 bridgehead atoms. The lowest BCUT2D eigenvalue weighted by molar-refractivity contribution is 0.533. The lowest BCUT2D eigenvalue weighted by Crippen LogP contribution is -2.30. The molecule has 0 spiro atoms. The molecule has 3 aromatic heterocycles. The standard InChI is InChI=1S/C18H20N8/c1-13-6-19-18(20-7-13)25-10-14-8-24(9-15(14)11-25)16-5-17(22-12-21-16)26-4-2-3-23-26/h2-7,12,14-15H,8-11H2,1H3. The molecule has 0 N–H and O–H groups in total. The van der Waals surface area contributed by atoms with Crippen LogP contribution < -0.4 is 9.80 Å². The molecule has 2 saturated heterocycles. The van der Waals surface area contributed by atoms with E-state index in [0.29, 0.717) is 11.8 Å². The first-order valence-electron chi connectivity index (χ1n) is 8.87. The minimum absolute atomic E-state index is 0.614. The quantitative estimate of drug-likeness (QED) is 0.707. The Bertz CT molecular complexity index is 878. The Kier molecular flexibility index (Phi) is 3.55. The third kappa shape index (κ3) is 2.67.